The molecule has 1 aromatic carbocycles. The number of nitrogens with zero attached hydrogens (tertiary/aromatic N) is 4. The Hall–Kier alpha value is -2.44. The van der Waals surface area contributed by atoms with Crippen LogP contribution in [-0.4, -0.2) is 20.5 Å². The van der Waals surface area contributed by atoms with Crippen molar-refractivity contribution in [2.45, 2.75) is 6.92 Å². The van der Waals surface area contributed by atoms with E-state index in [1.807, 2.05) is 0 Å². The van der Waals surface area contributed by atoms with Crippen molar-refractivity contribution in [2.75, 3.05) is 0 Å². The summed E-state index contributed by atoms with van der Waals surface area (Å²) in [7, 11) is 0. The van der Waals surface area contributed by atoms with E-state index in [-0.39, 0.29) is 5.56 Å². The molecule has 0 amide bonds. The van der Waals surface area contributed by atoms with Gasteiger partial charge >= 0.3 is 5.97 Å². The Morgan fingerprint density at radius 3 is 2.57 bits per heavy atom. The maximum atomic E-state index is 11.0. The van der Waals surface area contributed by atoms with Crippen molar-refractivity contribution in [3.05, 3.63) is 57.8 Å². The summed E-state index contributed by atoms with van der Waals surface area (Å²) in [6.45, 7) is 1.76. The summed E-state index contributed by atoms with van der Waals surface area (Å²) >= 11 is 12.1. The molecule has 2 aromatic heterocycles. The number of aromatic carboxylic acids is 1. The van der Waals surface area contributed by atoms with E-state index in [2.05, 4.69) is 15.2 Å². The predicted octanol–water partition coefficient (Wildman–Crippen LogP) is 5.06. The molecule has 0 bridgehead atoms. The van der Waals surface area contributed by atoms with Crippen LogP contribution in [0.15, 0.2) is 46.8 Å². The van der Waals surface area contributed by atoms with Gasteiger partial charge in [-0.3, -0.25) is 4.40 Å². The van der Waals surface area contributed by atoms with Gasteiger partial charge in [0.2, 0.25) is 0 Å². The van der Waals surface area contributed by atoms with Gasteiger partial charge in [0.1, 0.15) is 11.3 Å². The van der Waals surface area contributed by atoms with Gasteiger partial charge in [0.15, 0.2) is 5.82 Å². The third kappa shape index (κ3) is 2.91. The highest BCUT2D eigenvalue weighted by Gasteiger charge is 2.12. The third-order valence-corrected chi connectivity index (χ3v) is 3.81. The monoisotopic (exact) mass is 348 g/mol. The first kappa shape index (κ1) is 15.5. The number of azo groups is 1. The average Bonchev–Trinajstić information content (AvgIpc) is 2.81. The molecule has 23 heavy (non-hydrogen) atoms. The number of halogens is 2. The smallest absolute Gasteiger partial charge is 0.335 e. The molecule has 0 unspecified atom stereocenters. The fraction of sp³-hybridized carbons (Fsp3) is 0.0667. The molecule has 0 aliphatic heterocycles. The van der Waals surface area contributed by atoms with E-state index in [1.165, 1.54) is 12.1 Å². The summed E-state index contributed by atoms with van der Waals surface area (Å²) in [4.78, 5) is 15.3. The first-order chi connectivity index (χ1) is 11.0. The lowest BCUT2D eigenvalue weighted by atomic mass is 10.3. The largest absolute Gasteiger partial charge is 0.478 e. The first-order valence-corrected chi connectivity index (χ1v) is 7.30. The van der Waals surface area contributed by atoms with Crippen molar-refractivity contribution in [2.24, 2.45) is 10.2 Å². The molecule has 3 rings (SSSR count). The molecular formula is C15H10Cl2N4O2. The van der Waals surface area contributed by atoms with Crippen LogP contribution >= 0.6 is 23.2 Å². The molecule has 0 aliphatic carbocycles. The number of hydrogen-bond donors (Lipinski definition) is 1. The van der Waals surface area contributed by atoms with Crippen molar-refractivity contribution in [3.63, 3.8) is 0 Å². The van der Waals surface area contributed by atoms with Crippen LogP contribution in [0.3, 0.4) is 0 Å². The van der Waals surface area contributed by atoms with Crippen LogP contribution in [0.2, 0.25) is 10.0 Å². The van der Waals surface area contributed by atoms with Gasteiger partial charge in [0, 0.05) is 6.20 Å². The number of hydrogen-bond acceptors (Lipinski definition) is 4. The average molecular weight is 349 g/mol. The van der Waals surface area contributed by atoms with Crippen LogP contribution in [0.1, 0.15) is 16.1 Å². The number of benzene rings is 1. The lowest BCUT2D eigenvalue weighted by Crippen LogP contribution is -1.97. The number of carboxylic acid groups (broad SMARTS) is 1. The summed E-state index contributed by atoms with van der Waals surface area (Å²) in [5.74, 6) is -0.535. The van der Waals surface area contributed by atoms with Gasteiger partial charge < -0.3 is 5.11 Å². The molecular weight excluding hydrogens is 339 g/mol. The molecule has 1 N–H and O–H groups in total. The van der Waals surface area contributed by atoms with E-state index in [9.17, 15) is 4.79 Å². The van der Waals surface area contributed by atoms with Gasteiger partial charge in [-0.15, -0.1) is 10.2 Å². The quantitative estimate of drug-likeness (QED) is 0.671. The Balaban J connectivity index is 2.08. The zero-order valence-electron chi connectivity index (χ0n) is 11.9. The Labute approximate surface area is 141 Å². The highest BCUT2D eigenvalue weighted by atomic mass is 35.5. The van der Waals surface area contributed by atoms with Crippen LogP contribution in [-0.2, 0) is 0 Å². The molecule has 116 valence electrons. The van der Waals surface area contributed by atoms with E-state index in [4.69, 9.17) is 28.3 Å². The highest BCUT2D eigenvalue weighted by Crippen LogP contribution is 2.34. The zero-order chi connectivity index (χ0) is 16.6. The van der Waals surface area contributed by atoms with Gasteiger partial charge in [0.05, 0.1) is 21.3 Å². The van der Waals surface area contributed by atoms with E-state index < -0.39 is 5.97 Å². The number of pyridine rings is 1. The van der Waals surface area contributed by atoms with Crippen molar-refractivity contribution >= 4 is 46.3 Å². The summed E-state index contributed by atoms with van der Waals surface area (Å²) in [5, 5.41) is 18.1. The number of carbonyl (C=O) groups is 1. The van der Waals surface area contributed by atoms with Crippen LogP contribution in [0.25, 0.3) is 5.65 Å². The van der Waals surface area contributed by atoms with E-state index in [0.717, 1.165) is 0 Å². The molecule has 0 atom stereocenters. The number of carboxylic acids is 1. The molecule has 0 saturated carbocycles. The van der Waals surface area contributed by atoms with Gasteiger partial charge in [-0.2, -0.15) is 0 Å². The number of rotatable bonds is 3. The molecule has 2 heterocycles. The van der Waals surface area contributed by atoms with Gasteiger partial charge in [-0.1, -0.05) is 29.3 Å². The minimum Gasteiger partial charge on any atom is -0.478 e. The predicted molar refractivity (Wildman–Crippen MR) is 87.5 cm³/mol. The topological polar surface area (TPSA) is 79.3 Å². The van der Waals surface area contributed by atoms with Crippen LogP contribution in [0.5, 0.6) is 0 Å². The lowest BCUT2D eigenvalue weighted by molar-refractivity contribution is 0.0697. The van der Waals surface area contributed by atoms with Crippen molar-refractivity contribution in [3.8, 4) is 0 Å². The normalized spacial score (nSPS) is 11.4. The van der Waals surface area contributed by atoms with E-state index in [1.54, 1.807) is 35.7 Å². The fourth-order valence-corrected chi connectivity index (χ4v) is 2.56. The SMILES string of the molecule is Cc1nc2cc(C(=O)O)ccn2c1N=Nc1c(Cl)cccc1Cl. The summed E-state index contributed by atoms with van der Waals surface area (Å²) in [6, 6.07) is 8.00. The minimum atomic E-state index is -1.01. The molecule has 6 nitrogen and oxygen atoms in total. The maximum Gasteiger partial charge on any atom is 0.335 e. The van der Waals surface area contributed by atoms with Gasteiger partial charge in [-0.05, 0) is 31.2 Å². The first-order valence-electron chi connectivity index (χ1n) is 6.55. The molecule has 3 aromatic rings. The highest BCUT2D eigenvalue weighted by molar-refractivity contribution is 6.38. The Morgan fingerprint density at radius 1 is 1.22 bits per heavy atom. The molecule has 8 heteroatoms. The number of aromatic nitrogens is 2. The third-order valence-electron chi connectivity index (χ3n) is 3.20. The maximum absolute atomic E-state index is 11.0. The minimum absolute atomic E-state index is 0.153. The van der Waals surface area contributed by atoms with Crippen LogP contribution < -0.4 is 0 Å². The standard InChI is InChI=1S/C15H10Cl2N4O2/c1-8-14(20-19-13-10(16)3-2-4-11(13)17)21-6-5-9(15(22)23)7-12(21)18-8/h2-7H,1H3,(H,22,23). The number of fused-ring (bicyclic) bond motifs is 1. The van der Waals surface area contributed by atoms with Crippen molar-refractivity contribution < 1.29 is 9.90 Å². The summed E-state index contributed by atoms with van der Waals surface area (Å²) in [6.07, 6.45) is 1.58. The second-order valence-corrected chi connectivity index (χ2v) is 5.55. The van der Waals surface area contributed by atoms with E-state index >= 15 is 0 Å². The molecule has 0 spiro atoms. The molecule has 0 fully saturated rings. The van der Waals surface area contributed by atoms with Crippen molar-refractivity contribution in [1.82, 2.24) is 9.38 Å². The van der Waals surface area contributed by atoms with Crippen molar-refractivity contribution in [1.29, 1.82) is 0 Å². The molecule has 0 saturated heterocycles. The van der Waals surface area contributed by atoms with Gasteiger partial charge in [-0.25, -0.2) is 9.78 Å². The summed E-state index contributed by atoms with van der Waals surface area (Å²) < 4.78 is 1.65. The number of imidazole rings is 1. The van der Waals surface area contributed by atoms with Gasteiger partial charge in [0.25, 0.3) is 0 Å². The second kappa shape index (κ2) is 5.98. The Morgan fingerprint density at radius 2 is 1.91 bits per heavy atom. The zero-order valence-corrected chi connectivity index (χ0v) is 13.4. The van der Waals surface area contributed by atoms with E-state index in [0.29, 0.717) is 32.9 Å². The van der Waals surface area contributed by atoms with Crippen LogP contribution in [0.4, 0.5) is 11.5 Å². The molecule has 0 radical (unpaired) electrons. The number of aryl methyl sites for hydroxylation is 1. The fourth-order valence-electron chi connectivity index (χ4n) is 2.08. The molecule has 0 aliphatic rings. The lowest BCUT2D eigenvalue weighted by Gasteiger charge is -2.00. The second-order valence-electron chi connectivity index (χ2n) is 4.74. The summed E-state index contributed by atoms with van der Waals surface area (Å²) in [5.41, 5.74) is 1.61. The Kier molecular flexibility index (Phi) is 4.02. The Bertz CT molecular complexity index is 930. The van der Waals surface area contributed by atoms with Crippen LogP contribution in [0, 0.1) is 6.92 Å².